The summed E-state index contributed by atoms with van der Waals surface area (Å²) in [4.78, 5) is 0. The van der Waals surface area contributed by atoms with Crippen LogP contribution in [0.1, 0.15) is 44.9 Å². The molecule has 0 radical (unpaired) electrons. The zero-order valence-corrected chi connectivity index (χ0v) is 10.5. The molecule has 0 aromatic heterocycles. The maximum absolute atomic E-state index is 9.51. The number of ether oxygens (including phenoxy) is 2. The molecule has 1 saturated carbocycles. The second-order valence-corrected chi connectivity index (χ2v) is 4.93. The fourth-order valence-corrected chi connectivity index (χ4v) is 2.49. The molecule has 1 N–H and O–H groups in total. The van der Waals surface area contributed by atoms with Crippen molar-refractivity contribution in [3.63, 3.8) is 0 Å². The minimum atomic E-state index is 0.166. The van der Waals surface area contributed by atoms with Crippen LogP contribution in [-0.2, 0) is 9.47 Å². The molecule has 0 spiro atoms. The summed E-state index contributed by atoms with van der Waals surface area (Å²) in [5, 5.41) is 9.51. The molecule has 0 heterocycles. The minimum Gasteiger partial charge on any atom is -0.396 e. The number of rotatable bonds is 8. The van der Waals surface area contributed by atoms with Gasteiger partial charge in [-0.3, -0.25) is 0 Å². The van der Waals surface area contributed by atoms with Crippen molar-refractivity contribution in [1.29, 1.82) is 0 Å². The van der Waals surface area contributed by atoms with Gasteiger partial charge < -0.3 is 14.6 Å². The number of aliphatic hydroxyl groups excluding tert-OH is 1. The van der Waals surface area contributed by atoms with E-state index >= 15 is 0 Å². The van der Waals surface area contributed by atoms with Crippen molar-refractivity contribution in [3.8, 4) is 0 Å². The fourth-order valence-electron chi connectivity index (χ4n) is 2.49. The van der Waals surface area contributed by atoms with Gasteiger partial charge in [-0.1, -0.05) is 19.3 Å². The number of aliphatic hydroxyl groups is 1. The van der Waals surface area contributed by atoms with E-state index in [2.05, 4.69) is 0 Å². The van der Waals surface area contributed by atoms with Crippen LogP contribution in [0, 0.1) is 5.41 Å². The highest BCUT2D eigenvalue weighted by Gasteiger charge is 2.30. The van der Waals surface area contributed by atoms with Crippen LogP contribution in [0.5, 0.6) is 0 Å². The second-order valence-electron chi connectivity index (χ2n) is 4.93. The van der Waals surface area contributed by atoms with Gasteiger partial charge in [0.25, 0.3) is 0 Å². The molecule has 0 aliphatic heterocycles. The Kier molecular flexibility index (Phi) is 7.01. The van der Waals surface area contributed by atoms with Gasteiger partial charge in [-0.2, -0.15) is 0 Å². The number of hydrogen-bond acceptors (Lipinski definition) is 3. The quantitative estimate of drug-likeness (QED) is 0.651. The standard InChI is InChI=1S/C13H26O3/c1-15-9-5-10-16-11-8-13(12-14)6-3-2-4-7-13/h14H,2-12H2,1H3. The third-order valence-electron chi connectivity index (χ3n) is 3.66. The van der Waals surface area contributed by atoms with E-state index in [4.69, 9.17) is 9.47 Å². The average molecular weight is 230 g/mol. The Hall–Kier alpha value is -0.120. The summed E-state index contributed by atoms with van der Waals surface area (Å²) in [6.07, 6.45) is 8.18. The van der Waals surface area contributed by atoms with Gasteiger partial charge in [-0.05, 0) is 31.1 Å². The molecular formula is C13H26O3. The van der Waals surface area contributed by atoms with E-state index in [1.165, 1.54) is 32.1 Å². The van der Waals surface area contributed by atoms with Crippen LogP contribution in [0.4, 0.5) is 0 Å². The van der Waals surface area contributed by atoms with E-state index in [-0.39, 0.29) is 5.41 Å². The molecule has 16 heavy (non-hydrogen) atoms. The molecule has 0 unspecified atom stereocenters. The number of hydrogen-bond donors (Lipinski definition) is 1. The molecule has 0 aromatic rings. The summed E-state index contributed by atoms with van der Waals surface area (Å²) in [6, 6.07) is 0. The average Bonchev–Trinajstić information content (AvgIpc) is 2.35. The van der Waals surface area contributed by atoms with Crippen LogP contribution in [-0.4, -0.2) is 38.6 Å². The molecule has 3 heteroatoms. The highest BCUT2D eigenvalue weighted by molar-refractivity contribution is 4.81. The normalized spacial score (nSPS) is 19.9. The lowest BCUT2D eigenvalue weighted by atomic mass is 9.73. The van der Waals surface area contributed by atoms with Gasteiger partial charge in [0.2, 0.25) is 0 Å². The van der Waals surface area contributed by atoms with Crippen molar-refractivity contribution in [2.45, 2.75) is 44.9 Å². The highest BCUT2D eigenvalue weighted by atomic mass is 16.5. The molecule has 0 amide bonds. The van der Waals surface area contributed by atoms with Crippen LogP contribution in [0.15, 0.2) is 0 Å². The predicted octanol–water partition coefficient (Wildman–Crippen LogP) is 2.37. The highest BCUT2D eigenvalue weighted by Crippen LogP contribution is 2.38. The summed E-state index contributed by atoms with van der Waals surface area (Å²) in [6.45, 7) is 2.65. The predicted molar refractivity (Wildman–Crippen MR) is 64.5 cm³/mol. The largest absolute Gasteiger partial charge is 0.396 e. The van der Waals surface area contributed by atoms with Crippen LogP contribution in [0.2, 0.25) is 0 Å². The molecular weight excluding hydrogens is 204 g/mol. The van der Waals surface area contributed by atoms with Gasteiger partial charge in [-0.25, -0.2) is 0 Å². The Morgan fingerprint density at radius 3 is 2.44 bits per heavy atom. The molecule has 0 bridgehead atoms. The SMILES string of the molecule is COCCCOCCC1(CO)CCCCC1. The van der Waals surface area contributed by atoms with Gasteiger partial charge in [0.05, 0.1) is 0 Å². The third kappa shape index (κ3) is 4.81. The summed E-state index contributed by atoms with van der Waals surface area (Å²) >= 11 is 0. The first-order valence-corrected chi connectivity index (χ1v) is 6.50. The first-order chi connectivity index (χ1) is 7.83. The second kappa shape index (κ2) is 8.04. The van der Waals surface area contributed by atoms with Gasteiger partial charge in [0.15, 0.2) is 0 Å². The topological polar surface area (TPSA) is 38.7 Å². The fraction of sp³-hybridized carbons (Fsp3) is 1.00. The van der Waals surface area contributed by atoms with Gasteiger partial charge in [0, 0.05) is 33.5 Å². The first-order valence-electron chi connectivity index (χ1n) is 6.50. The molecule has 3 nitrogen and oxygen atoms in total. The molecule has 0 aromatic carbocycles. The van der Waals surface area contributed by atoms with E-state index in [0.717, 1.165) is 32.7 Å². The molecule has 1 fully saturated rings. The van der Waals surface area contributed by atoms with E-state index < -0.39 is 0 Å². The van der Waals surface area contributed by atoms with Crippen LogP contribution in [0.25, 0.3) is 0 Å². The Balaban J connectivity index is 2.08. The van der Waals surface area contributed by atoms with Crippen LogP contribution >= 0.6 is 0 Å². The van der Waals surface area contributed by atoms with E-state index in [0.29, 0.717) is 6.61 Å². The van der Waals surface area contributed by atoms with E-state index in [9.17, 15) is 5.11 Å². The summed E-state index contributed by atoms with van der Waals surface area (Å²) in [5.74, 6) is 0. The van der Waals surface area contributed by atoms with Crippen LogP contribution < -0.4 is 0 Å². The van der Waals surface area contributed by atoms with Crippen molar-refractivity contribution in [3.05, 3.63) is 0 Å². The van der Waals surface area contributed by atoms with Gasteiger partial charge in [-0.15, -0.1) is 0 Å². The molecule has 0 saturated heterocycles. The number of methoxy groups -OCH3 is 1. The lowest BCUT2D eigenvalue weighted by Gasteiger charge is -2.35. The van der Waals surface area contributed by atoms with Crippen LogP contribution in [0.3, 0.4) is 0 Å². The minimum absolute atomic E-state index is 0.166. The summed E-state index contributed by atoms with van der Waals surface area (Å²) < 4.78 is 10.5. The lowest BCUT2D eigenvalue weighted by Crippen LogP contribution is -2.29. The van der Waals surface area contributed by atoms with Crippen molar-refractivity contribution in [1.82, 2.24) is 0 Å². The molecule has 1 aliphatic carbocycles. The summed E-state index contributed by atoms with van der Waals surface area (Å²) in [5.41, 5.74) is 0.166. The molecule has 96 valence electrons. The van der Waals surface area contributed by atoms with E-state index in [1.54, 1.807) is 7.11 Å². The maximum Gasteiger partial charge on any atom is 0.0488 e. The smallest absolute Gasteiger partial charge is 0.0488 e. The van der Waals surface area contributed by atoms with E-state index in [1.807, 2.05) is 0 Å². The first kappa shape index (κ1) is 13.9. The zero-order valence-electron chi connectivity index (χ0n) is 10.5. The van der Waals surface area contributed by atoms with Crippen molar-refractivity contribution >= 4 is 0 Å². The Morgan fingerprint density at radius 1 is 1.06 bits per heavy atom. The van der Waals surface area contributed by atoms with Crippen molar-refractivity contribution < 1.29 is 14.6 Å². The third-order valence-corrected chi connectivity index (χ3v) is 3.66. The van der Waals surface area contributed by atoms with Gasteiger partial charge >= 0.3 is 0 Å². The Labute approximate surface area is 99.1 Å². The monoisotopic (exact) mass is 230 g/mol. The molecule has 1 rings (SSSR count). The Bertz CT molecular complexity index is 165. The Morgan fingerprint density at radius 2 is 1.81 bits per heavy atom. The molecule has 1 aliphatic rings. The maximum atomic E-state index is 9.51. The van der Waals surface area contributed by atoms with Crippen molar-refractivity contribution in [2.24, 2.45) is 5.41 Å². The molecule has 0 atom stereocenters. The van der Waals surface area contributed by atoms with Crippen molar-refractivity contribution in [2.75, 3.05) is 33.5 Å². The zero-order chi connectivity index (χ0) is 11.7. The lowest BCUT2D eigenvalue weighted by molar-refractivity contribution is 0.0273. The van der Waals surface area contributed by atoms with Gasteiger partial charge in [0.1, 0.15) is 0 Å². The summed E-state index contributed by atoms with van der Waals surface area (Å²) in [7, 11) is 1.71.